The van der Waals surface area contributed by atoms with Crippen LogP contribution in [0.3, 0.4) is 0 Å². The molecule has 1 fully saturated rings. The van der Waals surface area contributed by atoms with Crippen molar-refractivity contribution in [1.29, 1.82) is 5.53 Å². The largest absolute Gasteiger partial charge is 0.444 e. The molecule has 0 spiro atoms. The molecule has 1 aliphatic rings. The van der Waals surface area contributed by atoms with Crippen LogP contribution in [0.4, 0.5) is 4.79 Å². The van der Waals surface area contributed by atoms with Gasteiger partial charge in [0.15, 0.2) is 0 Å². The van der Waals surface area contributed by atoms with Gasteiger partial charge >= 0.3 is 6.09 Å². The second-order valence-corrected chi connectivity index (χ2v) is 5.25. The number of carbonyl (C=O) groups excluding carboxylic acids is 1. The van der Waals surface area contributed by atoms with E-state index in [4.69, 9.17) is 10.3 Å². The fraction of sp³-hybridized carbons (Fsp3) is 0.909. The van der Waals surface area contributed by atoms with Crippen LogP contribution in [0, 0.1) is 11.4 Å². The van der Waals surface area contributed by atoms with Gasteiger partial charge in [0.05, 0.1) is 6.54 Å². The average molecular weight is 227 g/mol. The molecule has 1 heterocycles. The zero-order valence-electron chi connectivity index (χ0n) is 10.3. The summed E-state index contributed by atoms with van der Waals surface area (Å²) in [4.78, 5) is 13.5. The van der Waals surface area contributed by atoms with Crippen LogP contribution >= 0.6 is 0 Å². The van der Waals surface area contributed by atoms with E-state index in [0.717, 1.165) is 25.9 Å². The SMILES string of the molecule is CC(C)(C)OC(=O)N1CCC(CN=N)CC1. The molecule has 0 bridgehead atoms. The van der Waals surface area contributed by atoms with Crippen molar-refractivity contribution >= 4 is 6.09 Å². The number of nitrogens with zero attached hydrogens (tertiary/aromatic N) is 2. The molecule has 1 amide bonds. The monoisotopic (exact) mass is 227 g/mol. The van der Waals surface area contributed by atoms with E-state index in [-0.39, 0.29) is 6.09 Å². The minimum atomic E-state index is -0.426. The van der Waals surface area contributed by atoms with Crippen molar-refractivity contribution in [3.8, 4) is 0 Å². The highest BCUT2D eigenvalue weighted by atomic mass is 16.6. The Labute approximate surface area is 96.7 Å². The number of hydrogen-bond acceptors (Lipinski definition) is 4. The van der Waals surface area contributed by atoms with Gasteiger partial charge in [-0.1, -0.05) is 0 Å². The third kappa shape index (κ3) is 4.16. The maximum atomic E-state index is 11.7. The van der Waals surface area contributed by atoms with Crippen molar-refractivity contribution in [1.82, 2.24) is 4.90 Å². The molecule has 0 unspecified atom stereocenters. The van der Waals surface area contributed by atoms with Gasteiger partial charge in [-0.25, -0.2) is 10.3 Å². The van der Waals surface area contributed by atoms with Gasteiger partial charge in [0.1, 0.15) is 5.60 Å². The number of hydrogen-bond donors (Lipinski definition) is 1. The number of ether oxygens (including phenoxy) is 1. The highest BCUT2D eigenvalue weighted by molar-refractivity contribution is 5.68. The van der Waals surface area contributed by atoms with Gasteiger partial charge in [0.2, 0.25) is 0 Å². The van der Waals surface area contributed by atoms with Crippen LogP contribution in [-0.2, 0) is 4.74 Å². The average Bonchev–Trinajstić information content (AvgIpc) is 2.16. The van der Waals surface area contributed by atoms with Gasteiger partial charge in [-0.05, 0) is 39.5 Å². The van der Waals surface area contributed by atoms with Crippen molar-refractivity contribution in [3.63, 3.8) is 0 Å². The van der Waals surface area contributed by atoms with Gasteiger partial charge in [-0.2, -0.15) is 5.11 Å². The fourth-order valence-corrected chi connectivity index (χ4v) is 1.75. The predicted octanol–water partition coefficient (Wildman–Crippen LogP) is 2.66. The first-order valence-electron chi connectivity index (χ1n) is 5.73. The van der Waals surface area contributed by atoms with E-state index in [1.165, 1.54) is 0 Å². The van der Waals surface area contributed by atoms with Crippen molar-refractivity contribution < 1.29 is 9.53 Å². The Morgan fingerprint density at radius 1 is 1.44 bits per heavy atom. The first-order valence-corrected chi connectivity index (χ1v) is 5.73. The quantitative estimate of drug-likeness (QED) is 0.737. The van der Waals surface area contributed by atoms with E-state index in [0.29, 0.717) is 12.5 Å². The van der Waals surface area contributed by atoms with E-state index >= 15 is 0 Å². The van der Waals surface area contributed by atoms with Crippen LogP contribution in [0.2, 0.25) is 0 Å². The molecule has 1 aliphatic heterocycles. The second-order valence-electron chi connectivity index (χ2n) is 5.25. The summed E-state index contributed by atoms with van der Waals surface area (Å²) in [5.41, 5.74) is 6.39. The van der Waals surface area contributed by atoms with Crippen molar-refractivity contribution in [2.75, 3.05) is 19.6 Å². The topological polar surface area (TPSA) is 65.8 Å². The van der Waals surface area contributed by atoms with Crippen LogP contribution in [0.1, 0.15) is 33.6 Å². The summed E-state index contributed by atoms with van der Waals surface area (Å²) >= 11 is 0. The smallest absolute Gasteiger partial charge is 0.410 e. The van der Waals surface area contributed by atoms with Gasteiger partial charge in [-0.3, -0.25) is 0 Å². The molecule has 5 nitrogen and oxygen atoms in total. The van der Waals surface area contributed by atoms with Gasteiger partial charge in [0, 0.05) is 13.1 Å². The van der Waals surface area contributed by atoms with E-state index in [2.05, 4.69) is 5.11 Å². The molecule has 0 aliphatic carbocycles. The first-order chi connectivity index (χ1) is 7.42. The Morgan fingerprint density at radius 3 is 2.44 bits per heavy atom. The normalized spacial score (nSPS) is 18.3. The maximum absolute atomic E-state index is 11.7. The lowest BCUT2D eigenvalue weighted by atomic mass is 9.97. The first kappa shape index (κ1) is 12.9. The molecule has 5 heteroatoms. The Morgan fingerprint density at radius 2 is 2.00 bits per heavy atom. The number of piperidine rings is 1. The molecule has 1 rings (SSSR count). The zero-order chi connectivity index (χ0) is 12.2. The molecular weight excluding hydrogens is 206 g/mol. The van der Waals surface area contributed by atoms with E-state index in [9.17, 15) is 4.79 Å². The highest BCUT2D eigenvalue weighted by Gasteiger charge is 2.26. The van der Waals surface area contributed by atoms with Crippen LogP contribution in [0.25, 0.3) is 0 Å². The molecule has 92 valence electrons. The van der Waals surface area contributed by atoms with E-state index in [1.807, 2.05) is 20.8 Å². The molecular formula is C11H21N3O2. The fourth-order valence-electron chi connectivity index (χ4n) is 1.75. The van der Waals surface area contributed by atoms with Gasteiger partial charge in [-0.15, -0.1) is 0 Å². The summed E-state index contributed by atoms with van der Waals surface area (Å²) in [7, 11) is 0. The lowest BCUT2D eigenvalue weighted by Gasteiger charge is -2.32. The van der Waals surface area contributed by atoms with Gasteiger partial charge < -0.3 is 9.64 Å². The number of amides is 1. The second kappa shape index (κ2) is 5.27. The van der Waals surface area contributed by atoms with Crippen LogP contribution in [0.15, 0.2) is 5.11 Å². The Balaban J connectivity index is 2.36. The summed E-state index contributed by atoms with van der Waals surface area (Å²) in [6.07, 6.45) is 1.61. The highest BCUT2D eigenvalue weighted by Crippen LogP contribution is 2.19. The van der Waals surface area contributed by atoms with Crippen molar-refractivity contribution in [3.05, 3.63) is 0 Å². The maximum Gasteiger partial charge on any atom is 0.410 e. The molecule has 1 saturated heterocycles. The van der Waals surface area contributed by atoms with Crippen molar-refractivity contribution in [2.24, 2.45) is 11.0 Å². The molecule has 0 radical (unpaired) electrons. The van der Waals surface area contributed by atoms with Crippen LogP contribution in [-0.4, -0.2) is 36.2 Å². The number of carbonyl (C=O) groups is 1. The summed E-state index contributed by atoms with van der Waals surface area (Å²) in [5.74, 6) is 0.455. The summed E-state index contributed by atoms with van der Waals surface area (Å²) < 4.78 is 5.30. The molecule has 0 saturated carbocycles. The number of rotatable bonds is 2. The van der Waals surface area contributed by atoms with Crippen molar-refractivity contribution in [2.45, 2.75) is 39.2 Å². The molecule has 16 heavy (non-hydrogen) atoms. The third-order valence-electron chi connectivity index (χ3n) is 2.62. The molecule has 0 atom stereocenters. The summed E-state index contributed by atoms with van der Waals surface area (Å²) in [5, 5.41) is 3.40. The lowest BCUT2D eigenvalue weighted by molar-refractivity contribution is 0.0186. The van der Waals surface area contributed by atoms with Gasteiger partial charge in [0.25, 0.3) is 0 Å². The minimum absolute atomic E-state index is 0.228. The molecule has 1 N–H and O–H groups in total. The standard InChI is InChI=1S/C11H21N3O2/c1-11(2,3)16-10(15)14-6-4-9(5-7-14)8-13-12/h9,12H,4-8H2,1-3H3. The minimum Gasteiger partial charge on any atom is -0.444 e. The summed E-state index contributed by atoms with van der Waals surface area (Å²) in [6.45, 7) is 7.64. The summed E-state index contributed by atoms with van der Waals surface area (Å²) in [6, 6.07) is 0. The van der Waals surface area contributed by atoms with E-state index < -0.39 is 5.60 Å². The zero-order valence-corrected chi connectivity index (χ0v) is 10.3. The predicted molar refractivity (Wildman–Crippen MR) is 60.5 cm³/mol. The Hall–Kier alpha value is -1.13. The Kier molecular flexibility index (Phi) is 4.26. The van der Waals surface area contributed by atoms with Crippen LogP contribution < -0.4 is 0 Å². The lowest BCUT2D eigenvalue weighted by Crippen LogP contribution is -2.42. The molecule has 0 aromatic rings. The Bertz CT molecular complexity index is 252. The molecule has 0 aromatic heterocycles. The number of likely N-dealkylation sites (tertiary alicyclic amines) is 1. The molecule has 0 aromatic carbocycles. The van der Waals surface area contributed by atoms with E-state index in [1.54, 1.807) is 4.90 Å². The third-order valence-corrected chi connectivity index (χ3v) is 2.62. The van der Waals surface area contributed by atoms with Crippen LogP contribution in [0.5, 0.6) is 0 Å². The number of nitrogens with one attached hydrogen (secondary N) is 1.